The van der Waals surface area contributed by atoms with E-state index >= 15 is 0 Å². The van der Waals surface area contributed by atoms with E-state index in [1.165, 1.54) is 7.05 Å². The number of hydrogen-bond acceptors (Lipinski definition) is 1. The van der Waals surface area contributed by atoms with Crippen molar-refractivity contribution in [1.82, 2.24) is 5.32 Å². The van der Waals surface area contributed by atoms with E-state index in [1.807, 2.05) is 0 Å². The molecule has 0 aromatic rings. The monoisotopic (exact) mass is 209 g/mol. The van der Waals surface area contributed by atoms with Crippen LogP contribution in [0, 0.1) is 11.8 Å². The summed E-state index contributed by atoms with van der Waals surface area (Å²) >= 11 is 0. The third-order valence-electron chi connectivity index (χ3n) is 3.71. The SMILES string of the molecule is CNC1(C(F)(F)F)C(C)CCCC1C. The van der Waals surface area contributed by atoms with Crippen LogP contribution >= 0.6 is 0 Å². The number of hydrogen-bond donors (Lipinski definition) is 1. The lowest BCUT2D eigenvalue weighted by Crippen LogP contribution is -2.65. The van der Waals surface area contributed by atoms with Crippen molar-refractivity contribution >= 4 is 0 Å². The van der Waals surface area contributed by atoms with Crippen molar-refractivity contribution in [2.24, 2.45) is 11.8 Å². The first-order chi connectivity index (χ1) is 6.36. The lowest BCUT2D eigenvalue weighted by atomic mass is 9.67. The van der Waals surface area contributed by atoms with Crippen LogP contribution in [0.1, 0.15) is 33.1 Å². The second-order valence-corrected chi connectivity index (χ2v) is 4.35. The van der Waals surface area contributed by atoms with Crippen molar-refractivity contribution in [3.63, 3.8) is 0 Å². The molecule has 0 bridgehead atoms. The molecule has 1 nitrogen and oxygen atoms in total. The fourth-order valence-corrected chi connectivity index (χ4v) is 2.86. The molecule has 84 valence electrons. The van der Waals surface area contributed by atoms with Gasteiger partial charge in [-0.15, -0.1) is 0 Å². The molecule has 2 unspecified atom stereocenters. The molecule has 0 radical (unpaired) electrons. The van der Waals surface area contributed by atoms with Gasteiger partial charge in [0.25, 0.3) is 0 Å². The van der Waals surface area contributed by atoms with Crippen LogP contribution in [0.3, 0.4) is 0 Å². The van der Waals surface area contributed by atoms with Crippen molar-refractivity contribution in [2.45, 2.75) is 44.8 Å². The van der Waals surface area contributed by atoms with Gasteiger partial charge >= 0.3 is 6.18 Å². The van der Waals surface area contributed by atoms with Crippen molar-refractivity contribution in [1.29, 1.82) is 0 Å². The Bertz CT molecular complexity index is 190. The van der Waals surface area contributed by atoms with E-state index in [1.54, 1.807) is 13.8 Å². The Balaban J connectivity index is 3.04. The van der Waals surface area contributed by atoms with E-state index in [9.17, 15) is 13.2 Å². The van der Waals surface area contributed by atoms with Crippen molar-refractivity contribution in [2.75, 3.05) is 7.05 Å². The summed E-state index contributed by atoms with van der Waals surface area (Å²) in [6.45, 7) is 3.39. The van der Waals surface area contributed by atoms with Gasteiger partial charge in [-0.25, -0.2) is 0 Å². The zero-order chi connectivity index (χ0) is 11.0. The summed E-state index contributed by atoms with van der Waals surface area (Å²) in [7, 11) is 1.42. The molecule has 1 fully saturated rings. The molecule has 4 heteroatoms. The molecule has 1 aliphatic carbocycles. The largest absolute Gasteiger partial charge is 0.407 e. The number of halogens is 3. The normalized spacial score (nSPS) is 39.9. The fourth-order valence-electron chi connectivity index (χ4n) is 2.86. The van der Waals surface area contributed by atoms with Crippen LogP contribution in [-0.4, -0.2) is 18.8 Å². The second kappa shape index (κ2) is 3.72. The molecule has 1 saturated carbocycles. The van der Waals surface area contributed by atoms with E-state index in [0.29, 0.717) is 12.8 Å². The Morgan fingerprint density at radius 2 is 1.57 bits per heavy atom. The molecule has 0 amide bonds. The van der Waals surface area contributed by atoms with Crippen LogP contribution in [0.4, 0.5) is 13.2 Å². The van der Waals surface area contributed by atoms with Crippen LogP contribution in [0.2, 0.25) is 0 Å². The highest BCUT2D eigenvalue weighted by Gasteiger charge is 2.60. The number of alkyl halides is 3. The molecule has 2 atom stereocenters. The minimum Gasteiger partial charge on any atom is -0.306 e. The quantitative estimate of drug-likeness (QED) is 0.700. The highest BCUT2D eigenvalue weighted by atomic mass is 19.4. The third-order valence-corrected chi connectivity index (χ3v) is 3.71. The second-order valence-electron chi connectivity index (χ2n) is 4.35. The van der Waals surface area contributed by atoms with Crippen LogP contribution < -0.4 is 5.32 Å². The van der Waals surface area contributed by atoms with Gasteiger partial charge in [0, 0.05) is 0 Å². The van der Waals surface area contributed by atoms with Gasteiger partial charge in [0.05, 0.1) is 0 Å². The molecule has 0 aromatic carbocycles. The Kier molecular flexibility index (Phi) is 3.14. The van der Waals surface area contributed by atoms with Crippen molar-refractivity contribution < 1.29 is 13.2 Å². The minimum atomic E-state index is -4.15. The maximum Gasteiger partial charge on any atom is 0.407 e. The molecule has 0 saturated heterocycles. The van der Waals surface area contributed by atoms with E-state index in [2.05, 4.69) is 5.32 Å². The van der Waals surface area contributed by atoms with Gasteiger partial charge in [-0.05, 0) is 31.7 Å². The minimum absolute atomic E-state index is 0.337. The summed E-state index contributed by atoms with van der Waals surface area (Å²) in [5.74, 6) is -0.674. The van der Waals surface area contributed by atoms with Gasteiger partial charge in [-0.2, -0.15) is 13.2 Å². The summed E-state index contributed by atoms with van der Waals surface area (Å²) in [6.07, 6.45) is -1.93. The lowest BCUT2D eigenvalue weighted by molar-refractivity contribution is -0.232. The van der Waals surface area contributed by atoms with Gasteiger partial charge in [-0.1, -0.05) is 20.3 Å². The number of nitrogens with one attached hydrogen (secondary N) is 1. The predicted octanol–water partition coefficient (Wildman–Crippen LogP) is 2.96. The fraction of sp³-hybridized carbons (Fsp3) is 1.00. The smallest absolute Gasteiger partial charge is 0.306 e. The Labute approximate surface area is 83.1 Å². The van der Waals surface area contributed by atoms with Crippen LogP contribution in [0.5, 0.6) is 0 Å². The number of rotatable bonds is 1. The maximum atomic E-state index is 13.0. The van der Waals surface area contributed by atoms with Crippen LogP contribution in [-0.2, 0) is 0 Å². The Morgan fingerprint density at radius 1 is 1.14 bits per heavy atom. The summed E-state index contributed by atoms with van der Waals surface area (Å²) in [5, 5.41) is 2.53. The zero-order valence-electron chi connectivity index (χ0n) is 8.91. The topological polar surface area (TPSA) is 12.0 Å². The van der Waals surface area contributed by atoms with Gasteiger partial charge in [-0.3, -0.25) is 0 Å². The molecule has 14 heavy (non-hydrogen) atoms. The van der Waals surface area contributed by atoms with Gasteiger partial charge in [0.15, 0.2) is 0 Å². The van der Waals surface area contributed by atoms with E-state index < -0.39 is 11.7 Å². The first-order valence-corrected chi connectivity index (χ1v) is 5.12. The summed E-state index contributed by atoms with van der Waals surface area (Å²) in [4.78, 5) is 0. The maximum absolute atomic E-state index is 13.0. The van der Waals surface area contributed by atoms with Crippen molar-refractivity contribution in [3.05, 3.63) is 0 Å². The van der Waals surface area contributed by atoms with Crippen molar-refractivity contribution in [3.8, 4) is 0 Å². The average Bonchev–Trinajstić information content (AvgIpc) is 2.02. The molecular formula is C10H18F3N. The van der Waals surface area contributed by atoms with Gasteiger partial charge in [0.1, 0.15) is 5.54 Å². The molecule has 0 aromatic heterocycles. The summed E-state index contributed by atoms with van der Waals surface area (Å²) in [6, 6.07) is 0. The Morgan fingerprint density at radius 3 is 1.79 bits per heavy atom. The van der Waals surface area contributed by atoms with Crippen LogP contribution in [0.25, 0.3) is 0 Å². The standard InChI is InChI=1S/C10H18F3N/c1-7-5-4-6-8(2)9(7,14-3)10(11,12)13/h7-8,14H,4-6H2,1-3H3. The third kappa shape index (κ3) is 1.53. The average molecular weight is 209 g/mol. The zero-order valence-corrected chi connectivity index (χ0v) is 8.91. The molecule has 1 rings (SSSR count). The molecule has 1 aliphatic rings. The van der Waals surface area contributed by atoms with Gasteiger partial charge in [0.2, 0.25) is 0 Å². The summed E-state index contributed by atoms with van der Waals surface area (Å²) < 4.78 is 39.1. The lowest BCUT2D eigenvalue weighted by Gasteiger charge is -2.48. The highest BCUT2D eigenvalue weighted by Crippen LogP contribution is 2.47. The molecule has 0 heterocycles. The molecular weight excluding hydrogens is 191 g/mol. The first-order valence-electron chi connectivity index (χ1n) is 5.12. The highest BCUT2D eigenvalue weighted by molar-refractivity contribution is 5.04. The molecule has 0 aliphatic heterocycles. The Hall–Kier alpha value is -0.250. The predicted molar refractivity (Wildman–Crippen MR) is 50.0 cm³/mol. The van der Waals surface area contributed by atoms with E-state index in [0.717, 1.165) is 6.42 Å². The first kappa shape index (κ1) is 11.8. The molecule has 1 N–H and O–H groups in total. The van der Waals surface area contributed by atoms with Crippen LogP contribution in [0.15, 0.2) is 0 Å². The molecule has 0 spiro atoms. The van der Waals surface area contributed by atoms with E-state index in [-0.39, 0.29) is 11.8 Å². The van der Waals surface area contributed by atoms with Gasteiger partial charge < -0.3 is 5.32 Å². The van der Waals surface area contributed by atoms with E-state index in [4.69, 9.17) is 0 Å². The summed E-state index contributed by atoms with van der Waals surface area (Å²) in [5.41, 5.74) is -1.68.